The molecule has 0 radical (unpaired) electrons. The van der Waals surface area contributed by atoms with Crippen molar-refractivity contribution in [2.75, 3.05) is 27.2 Å². The second-order valence-corrected chi connectivity index (χ2v) is 13.9. The fraction of sp³-hybridized carbons (Fsp3) is 0.657. The normalized spacial score (nSPS) is 26.2. The van der Waals surface area contributed by atoms with Gasteiger partial charge in [-0.25, -0.2) is 0 Å². The lowest BCUT2D eigenvalue weighted by Gasteiger charge is -2.38. The molecule has 0 aliphatic carbocycles. The van der Waals surface area contributed by atoms with Gasteiger partial charge in [0.2, 0.25) is 23.6 Å². The van der Waals surface area contributed by atoms with E-state index in [0.29, 0.717) is 19.4 Å². The summed E-state index contributed by atoms with van der Waals surface area (Å²) in [6.07, 6.45) is 0.120. The Morgan fingerprint density at radius 2 is 1.43 bits per heavy atom. The Labute approximate surface area is 278 Å². The van der Waals surface area contributed by atoms with Gasteiger partial charge < -0.3 is 30.1 Å². The van der Waals surface area contributed by atoms with Crippen molar-refractivity contribution in [3.8, 4) is 0 Å². The van der Waals surface area contributed by atoms with Gasteiger partial charge in [0.1, 0.15) is 24.2 Å². The quantitative estimate of drug-likeness (QED) is 0.447. The fourth-order valence-electron chi connectivity index (χ4n) is 6.60. The molecule has 5 atom stereocenters. The molecule has 1 unspecified atom stereocenters. The van der Waals surface area contributed by atoms with Gasteiger partial charge in [-0.1, -0.05) is 71.9 Å². The molecule has 3 rings (SSSR count). The highest BCUT2D eigenvalue weighted by Crippen LogP contribution is 2.24. The molecule has 1 aromatic rings. The van der Waals surface area contributed by atoms with Crippen molar-refractivity contribution in [1.29, 1.82) is 0 Å². The number of likely N-dealkylation sites (N-methyl/N-ethyl adjacent to an activating group) is 2. The van der Waals surface area contributed by atoms with Crippen LogP contribution in [0, 0.1) is 17.8 Å². The second-order valence-electron chi connectivity index (χ2n) is 13.9. The van der Waals surface area contributed by atoms with Crippen LogP contribution in [0.1, 0.15) is 72.8 Å². The van der Waals surface area contributed by atoms with E-state index in [0.717, 1.165) is 5.56 Å². The number of fused-ring (bicyclic) bond motifs is 1. The van der Waals surface area contributed by atoms with Crippen LogP contribution < -0.4 is 10.6 Å². The Kier molecular flexibility index (Phi) is 13.4. The summed E-state index contributed by atoms with van der Waals surface area (Å²) in [7, 11) is 3.08. The molecule has 2 heterocycles. The maximum atomic E-state index is 14.3. The smallest absolute Gasteiger partial charge is 0.308 e. The van der Waals surface area contributed by atoms with Crippen LogP contribution in [0.4, 0.5) is 0 Å². The summed E-state index contributed by atoms with van der Waals surface area (Å²) in [6, 6.07) is 5.54. The minimum atomic E-state index is -1.10. The first-order valence-corrected chi connectivity index (χ1v) is 16.8. The molecule has 12 heteroatoms. The third kappa shape index (κ3) is 9.54. The second kappa shape index (κ2) is 16.7. The van der Waals surface area contributed by atoms with Gasteiger partial charge >= 0.3 is 5.97 Å². The lowest BCUT2D eigenvalue weighted by molar-refractivity contribution is -0.162. The zero-order valence-corrected chi connectivity index (χ0v) is 29.2. The van der Waals surface area contributed by atoms with Gasteiger partial charge in [0.25, 0.3) is 5.91 Å². The van der Waals surface area contributed by atoms with E-state index in [1.807, 2.05) is 71.9 Å². The number of hydrogen-bond donors (Lipinski definition) is 2. The van der Waals surface area contributed by atoms with Gasteiger partial charge in [0, 0.05) is 33.6 Å². The van der Waals surface area contributed by atoms with Gasteiger partial charge in [0.15, 0.2) is 6.10 Å². The van der Waals surface area contributed by atoms with Crippen molar-refractivity contribution in [2.45, 2.75) is 104 Å². The minimum Gasteiger partial charge on any atom is -0.452 e. The van der Waals surface area contributed by atoms with Crippen LogP contribution in [-0.4, -0.2) is 108 Å². The Morgan fingerprint density at radius 1 is 0.809 bits per heavy atom. The number of rotatable bonds is 6. The molecule has 1 aromatic carbocycles. The van der Waals surface area contributed by atoms with Gasteiger partial charge in [-0.2, -0.15) is 0 Å². The molecular weight excluding hydrogens is 602 g/mol. The van der Waals surface area contributed by atoms with Crippen LogP contribution in [0.2, 0.25) is 0 Å². The molecule has 12 nitrogen and oxygen atoms in total. The van der Waals surface area contributed by atoms with E-state index in [4.69, 9.17) is 4.74 Å². The van der Waals surface area contributed by atoms with Crippen LogP contribution >= 0.6 is 0 Å². The summed E-state index contributed by atoms with van der Waals surface area (Å²) in [5.74, 6) is -3.51. The Hall–Kier alpha value is -3.96. The summed E-state index contributed by atoms with van der Waals surface area (Å²) in [6.45, 7) is 11.4. The van der Waals surface area contributed by atoms with Crippen LogP contribution in [0.15, 0.2) is 30.3 Å². The summed E-state index contributed by atoms with van der Waals surface area (Å²) in [5, 5.41) is 5.67. The van der Waals surface area contributed by atoms with Crippen molar-refractivity contribution < 1.29 is 33.5 Å². The summed E-state index contributed by atoms with van der Waals surface area (Å²) >= 11 is 0. The number of amides is 5. The molecule has 2 aliphatic rings. The first-order chi connectivity index (χ1) is 22.1. The number of cyclic esters (lactones) is 1. The summed E-state index contributed by atoms with van der Waals surface area (Å²) in [4.78, 5) is 86.6. The van der Waals surface area contributed by atoms with Crippen LogP contribution in [0.3, 0.4) is 0 Å². The van der Waals surface area contributed by atoms with Crippen LogP contribution in [-0.2, 0) is 39.9 Å². The number of hydrogen-bond acceptors (Lipinski definition) is 7. The molecule has 0 bridgehead atoms. The number of esters is 1. The predicted octanol–water partition coefficient (Wildman–Crippen LogP) is 2.15. The third-order valence-corrected chi connectivity index (χ3v) is 8.91. The predicted molar refractivity (Wildman–Crippen MR) is 177 cm³/mol. The lowest BCUT2D eigenvalue weighted by atomic mass is 9.96. The lowest BCUT2D eigenvalue weighted by Crippen LogP contribution is -2.61. The maximum Gasteiger partial charge on any atom is 0.308 e. The number of nitrogens with one attached hydrogen (secondary N) is 2. The van der Waals surface area contributed by atoms with Crippen molar-refractivity contribution >= 4 is 35.5 Å². The van der Waals surface area contributed by atoms with Gasteiger partial charge in [-0.15, -0.1) is 0 Å². The zero-order chi connectivity index (χ0) is 35.0. The number of carbonyl (C=O) groups excluding carboxylic acids is 6. The van der Waals surface area contributed by atoms with Gasteiger partial charge in [-0.3, -0.25) is 28.8 Å². The number of benzene rings is 1. The number of ether oxygens (including phenoxy) is 1. The van der Waals surface area contributed by atoms with E-state index in [-0.39, 0.29) is 43.6 Å². The fourth-order valence-corrected chi connectivity index (χ4v) is 6.60. The van der Waals surface area contributed by atoms with Crippen molar-refractivity contribution in [1.82, 2.24) is 25.3 Å². The highest BCUT2D eigenvalue weighted by atomic mass is 16.5. The molecule has 2 saturated heterocycles. The topological polar surface area (TPSA) is 145 Å². The van der Waals surface area contributed by atoms with Crippen molar-refractivity contribution in [3.05, 3.63) is 35.9 Å². The largest absolute Gasteiger partial charge is 0.452 e. The minimum absolute atomic E-state index is 0.0186. The molecular formula is C35H53N5O7. The zero-order valence-electron chi connectivity index (χ0n) is 29.2. The number of carbonyl (C=O) groups is 6. The Morgan fingerprint density at radius 3 is 2.02 bits per heavy atom. The van der Waals surface area contributed by atoms with E-state index in [1.165, 1.54) is 21.7 Å². The van der Waals surface area contributed by atoms with Crippen LogP contribution in [0.25, 0.3) is 0 Å². The monoisotopic (exact) mass is 655 g/mol. The van der Waals surface area contributed by atoms with E-state index < -0.39 is 65.8 Å². The van der Waals surface area contributed by atoms with Gasteiger partial charge in [0.05, 0.1) is 6.42 Å². The highest BCUT2D eigenvalue weighted by molar-refractivity contribution is 5.96. The first kappa shape index (κ1) is 37.5. The average Bonchev–Trinajstić information content (AvgIpc) is 3.49. The van der Waals surface area contributed by atoms with E-state index >= 15 is 0 Å². The molecule has 0 saturated carbocycles. The van der Waals surface area contributed by atoms with E-state index in [2.05, 4.69) is 10.6 Å². The molecule has 0 aromatic heterocycles. The van der Waals surface area contributed by atoms with E-state index in [1.54, 1.807) is 7.05 Å². The Bertz CT molecular complexity index is 1280. The molecule has 2 N–H and O–H groups in total. The molecule has 0 spiro atoms. The average molecular weight is 656 g/mol. The summed E-state index contributed by atoms with van der Waals surface area (Å²) < 4.78 is 5.66. The third-order valence-electron chi connectivity index (χ3n) is 8.91. The molecule has 5 amide bonds. The SMILES string of the molecule is CC(C)C[C@H]1OC(=O)CCNC(=O)C(C(C)C)N(C)C(=O)[C@H](C(C)C)N(C)C(=O)[C@H](Cc2ccccc2)NC(=O)[C@@H]2CCCN2C1=O. The maximum absolute atomic E-state index is 14.3. The summed E-state index contributed by atoms with van der Waals surface area (Å²) in [5.41, 5.74) is 0.808. The standard InChI is InChI=1S/C35H53N5O7/c1-21(2)19-27-34(45)40-18-12-15-26(40)31(42)37-25(20-24-13-10-9-11-14-24)33(44)39(8)30(23(5)6)35(46)38(7)29(22(3)4)32(43)36-17-16-28(41)47-27/h9-11,13-14,21-23,25-27,29-30H,12,15-20H2,1-8H3,(H,36,43)(H,37,42)/t25-,26-,27+,29?,30-/m0/s1. The number of nitrogens with zero attached hydrogens (tertiary/aromatic N) is 3. The molecule has 2 fully saturated rings. The van der Waals surface area contributed by atoms with Crippen molar-refractivity contribution in [2.24, 2.45) is 17.8 Å². The highest BCUT2D eigenvalue weighted by Gasteiger charge is 2.42. The van der Waals surface area contributed by atoms with Gasteiger partial charge in [-0.05, 0) is 42.6 Å². The van der Waals surface area contributed by atoms with Crippen LogP contribution in [0.5, 0.6) is 0 Å². The molecule has 260 valence electrons. The molecule has 2 aliphatic heterocycles. The molecule has 47 heavy (non-hydrogen) atoms. The van der Waals surface area contributed by atoms with E-state index in [9.17, 15) is 28.8 Å². The van der Waals surface area contributed by atoms with Crippen molar-refractivity contribution in [3.63, 3.8) is 0 Å². The first-order valence-electron chi connectivity index (χ1n) is 16.8. The Balaban J connectivity index is 2.08.